The molecule has 2 aromatic rings. The van der Waals surface area contributed by atoms with Gasteiger partial charge in [-0.2, -0.15) is 0 Å². The molecule has 6 nitrogen and oxygen atoms in total. The van der Waals surface area contributed by atoms with Crippen LogP contribution in [0.1, 0.15) is 24.0 Å². The van der Waals surface area contributed by atoms with Gasteiger partial charge in [0.15, 0.2) is 0 Å². The predicted molar refractivity (Wildman–Crippen MR) is 139 cm³/mol. The molecule has 1 aliphatic rings. The zero-order chi connectivity index (χ0) is 25.0. The minimum absolute atomic E-state index is 0.00720. The Morgan fingerprint density at radius 1 is 1.06 bits per heavy atom. The molecule has 184 valence electrons. The van der Waals surface area contributed by atoms with E-state index in [4.69, 9.17) is 4.74 Å². The fourth-order valence-corrected chi connectivity index (χ4v) is 4.45. The van der Waals surface area contributed by atoms with Gasteiger partial charge in [0.1, 0.15) is 12.1 Å². The van der Waals surface area contributed by atoms with Crippen molar-refractivity contribution >= 4 is 11.8 Å². The molecule has 0 bridgehead atoms. The molecule has 1 saturated heterocycles. The molecule has 6 heteroatoms. The molecule has 0 saturated carbocycles. The van der Waals surface area contributed by atoms with Crippen molar-refractivity contribution in [2.45, 2.75) is 44.0 Å². The summed E-state index contributed by atoms with van der Waals surface area (Å²) in [6.45, 7) is 12.6. The fraction of sp³-hybridized carbons (Fsp3) is 0.310. The monoisotopic (exact) mass is 473 g/mol. The van der Waals surface area contributed by atoms with Crippen LogP contribution in [0.5, 0.6) is 0 Å². The molecule has 0 spiro atoms. The summed E-state index contributed by atoms with van der Waals surface area (Å²) in [6, 6.07) is 18.6. The lowest BCUT2D eigenvalue weighted by Crippen LogP contribution is -2.53. The molecule has 0 aromatic heterocycles. The highest BCUT2D eigenvalue weighted by atomic mass is 16.5. The summed E-state index contributed by atoms with van der Waals surface area (Å²) in [5.41, 5.74) is 1.92. The normalized spacial score (nSPS) is 17.4. The molecule has 4 atom stereocenters. The van der Waals surface area contributed by atoms with Crippen LogP contribution >= 0.6 is 0 Å². The van der Waals surface area contributed by atoms with Gasteiger partial charge >= 0.3 is 0 Å². The van der Waals surface area contributed by atoms with Gasteiger partial charge in [0.05, 0.1) is 18.7 Å². The summed E-state index contributed by atoms with van der Waals surface area (Å²) in [5.74, 6) is -1.19. The summed E-state index contributed by atoms with van der Waals surface area (Å²) in [7, 11) is 0. The molecule has 35 heavy (non-hydrogen) atoms. The third kappa shape index (κ3) is 7.17. The van der Waals surface area contributed by atoms with E-state index in [1.807, 2.05) is 60.7 Å². The maximum absolute atomic E-state index is 13.6. The van der Waals surface area contributed by atoms with Gasteiger partial charge in [0, 0.05) is 18.7 Å². The lowest BCUT2D eigenvalue weighted by molar-refractivity contribution is -0.136. The maximum Gasteiger partial charge on any atom is 0.249 e. The lowest BCUT2D eigenvalue weighted by Gasteiger charge is -2.31. The molecule has 1 aliphatic heterocycles. The van der Waals surface area contributed by atoms with E-state index in [1.54, 1.807) is 11.0 Å². The SMILES string of the molecule is C=CO[C@@H]([C@@H]1CCCN1)[C@@H](C=C)C(=O)N[C@@H](Cc1ccccc1)C(=O)N(C=C)Cc1ccccc1. The van der Waals surface area contributed by atoms with Crippen LogP contribution in [-0.4, -0.2) is 41.4 Å². The number of carbonyl (C=O) groups excluding carboxylic acids is 2. The Morgan fingerprint density at radius 3 is 2.26 bits per heavy atom. The second-order valence-corrected chi connectivity index (χ2v) is 8.62. The van der Waals surface area contributed by atoms with E-state index in [2.05, 4.69) is 30.4 Å². The maximum atomic E-state index is 13.6. The molecule has 3 rings (SSSR count). The summed E-state index contributed by atoms with van der Waals surface area (Å²) >= 11 is 0. The molecule has 1 fully saturated rings. The third-order valence-electron chi connectivity index (χ3n) is 6.26. The number of rotatable bonds is 13. The molecule has 0 aliphatic carbocycles. The zero-order valence-corrected chi connectivity index (χ0v) is 20.1. The van der Waals surface area contributed by atoms with Crippen LogP contribution in [0.25, 0.3) is 0 Å². The molecule has 0 unspecified atom stereocenters. The van der Waals surface area contributed by atoms with Gasteiger partial charge in [0.25, 0.3) is 0 Å². The van der Waals surface area contributed by atoms with Crippen molar-refractivity contribution in [1.29, 1.82) is 0 Å². The highest BCUT2D eigenvalue weighted by molar-refractivity contribution is 5.90. The molecule has 1 heterocycles. The number of nitrogens with zero attached hydrogens (tertiary/aromatic N) is 1. The van der Waals surface area contributed by atoms with Crippen molar-refractivity contribution in [3.05, 3.63) is 110 Å². The van der Waals surface area contributed by atoms with E-state index >= 15 is 0 Å². The van der Waals surface area contributed by atoms with Crippen LogP contribution < -0.4 is 10.6 Å². The van der Waals surface area contributed by atoms with E-state index in [0.29, 0.717) is 13.0 Å². The Morgan fingerprint density at radius 2 is 1.71 bits per heavy atom. The van der Waals surface area contributed by atoms with E-state index in [0.717, 1.165) is 30.5 Å². The first-order valence-electron chi connectivity index (χ1n) is 12.0. The quantitative estimate of drug-likeness (QED) is 0.341. The van der Waals surface area contributed by atoms with Gasteiger partial charge in [-0.25, -0.2) is 0 Å². The number of hydrogen-bond acceptors (Lipinski definition) is 4. The van der Waals surface area contributed by atoms with Crippen molar-refractivity contribution in [2.75, 3.05) is 6.54 Å². The Labute approximate surface area is 208 Å². The molecule has 0 radical (unpaired) electrons. The first-order valence-corrected chi connectivity index (χ1v) is 12.0. The second kappa shape index (κ2) is 13.3. The van der Waals surface area contributed by atoms with Gasteiger partial charge in [-0.3, -0.25) is 9.59 Å². The Kier molecular flexibility index (Phi) is 9.87. The van der Waals surface area contributed by atoms with E-state index in [1.165, 1.54) is 12.5 Å². The highest BCUT2D eigenvalue weighted by Gasteiger charge is 2.37. The van der Waals surface area contributed by atoms with Crippen molar-refractivity contribution in [3.8, 4) is 0 Å². The Hall–Kier alpha value is -3.64. The molecule has 2 amide bonds. The van der Waals surface area contributed by atoms with E-state index in [-0.39, 0.29) is 17.9 Å². The topological polar surface area (TPSA) is 70.7 Å². The first kappa shape index (κ1) is 26.0. The van der Waals surface area contributed by atoms with E-state index < -0.39 is 18.1 Å². The zero-order valence-electron chi connectivity index (χ0n) is 20.1. The van der Waals surface area contributed by atoms with Crippen molar-refractivity contribution in [1.82, 2.24) is 15.5 Å². The third-order valence-corrected chi connectivity index (χ3v) is 6.26. The highest BCUT2D eigenvalue weighted by Crippen LogP contribution is 2.22. The number of amides is 2. The van der Waals surface area contributed by atoms with Crippen LogP contribution in [0.3, 0.4) is 0 Å². The van der Waals surface area contributed by atoms with Gasteiger partial charge < -0.3 is 20.3 Å². The van der Waals surface area contributed by atoms with Gasteiger partial charge in [0.2, 0.25) is 11.8 Å². The summed E-state index contributed by atoms with van der Waals surface area (Å²) < 4.78 is 5.77. The second-order valence-electron chi connectivity index (χ2n) is 8.62. The lowest BCUT2D eigenvalue weighted by atomic mass is 9.93. The van der Waals surface area contributed by atoms with Crippen LogP contribution in [0.4, 0.5) is 0 Å². The standard InChI is InChI=1S/C29H35N3O3/c1-4-24(27(35-6-3)25-18-13-19-30-25)28(33)31-26(20-22-14-9-7-10-15-22)29(34)32(5-2)21-23-16-11-8-12-17-23/h4-12,14-17,24-27,30H,1-3,13,18-21H2,(H,31,33)/t24-,25+,26+,27-/m1/s1. The average Bonchev–Trinajstić information content (AvgIpc) is 3.42. The van der Waals surface area contributed by atoms with Crippen LogP contribution in [-0.2, 0) is 27.3 Å². The fourth-order valence-electron chi connectivity index (χ4n) is 4.45. The van der Waals surface area contributed by atoms with E-state index in [9.17, 15) is 9.59 Å². The smallest absolute Gasteiger partial charge is 0.249 e. The minimum atomic E-state index is -0.782. The van der Waals surface area contributed by atoms with Crippen LogP contribution in [0.2, 0.25) is 0 Å². The van der Waals surface area contributed by atoms with Gasteiger partial charge in [-0.15, -0.1) is 6.58 Å². The Balaban J connectivity index is 1.82. The Bertz CT molecular complexity index is 987. The first-order chi connectivity index (χ1) is 17.1. The van der Waals surface area contributed by atoms with Crippen molar-refractivity contribution in [3.63, 3.8) is 0 Å². The molecule has 2 N–H and O–H groups in total. The van der Waals surface area contributed by atoms with Gasteiger partial charge in [-0.1, -0.05) is 79.9 Å². The number of nitrogens with one attached hydrogen (secondary N) is 2. The number of benzene rings is 2. The molecular weight excluding hydrogens is 438 g/mol. The summed E-state index contributed by atoms with van der Waals surface area (Å²) in [6.07, 6.45) is 6.25. The summed E-state index contributed by atoms with van der Waals surface area (Å²) in [4.78, 5) is 28.7. The van der Waals surface area contributed by atoms with Gasteiger partial charge in [-0.05, 0) is 30.5 Å². The van der Waals surface area contributed by atoms with Crippen LogP contribution in [0.15, 0.2) is 98.9 Å². The average molecular weight is 474 g/mol. The minimum Gasteiger partial charge on any atom is -0.496 e. The number of ether oxygens (including phenoxy) is 1. The summed E-state index contributed by atoms with van der Waals surface area (Å²) in [5, 5.41) is 6.38. The number of hydrogen-bond donors (Lipinski definition) is 2. The predicted octanol–water partition coefficient (Wildman–Crippen LogP) is 3.97. The van der Waals surface area contributed by atoms with Crippen molar-refractivity contribution < 1.29 is 14.3 Å². The molecule has 2 aromatic carbocycles. The van der Waals surface area contributed by atoms with Crippen molar-refractivity contribution in [2.24, 2.45) is 5.92 Å². The van der Waals surface area contributed by atoms with Crippen LogP contribution in [0, 0.1) is 5.92 Å². The molecular formula is C29H35N3O3. The largest absolute Gasteiger partial charge is 0.496 e. The number of carbonyl (C=O) groups is 2.